The number of hydrogen-bond acceptors (Lipinski definition) is 4. The minimum absolute atomic E-state index is 0.216. The second kappa shape index (κ2) is 7.35. The fourth-order valence-corrected chi connectivity index (χ4v) is 1.46. The van der Waals surface area contributed by atoms with Gasteiger partial charge in [0.2, 0.25) is 0 Å². The molecule has 0 fully saturated rings. The van der Waals surface area contributed by atoms with Crippen molar-refractivity contribution in [1.82, 2.24) is 5.32 Å². The molecular weight excluding hydrogens is 206 g/mol. The maximum Gasteiger partial charge on any atom is 0.0895 e. The Balaban J connectivity index is 2.46. The van der Waals surface area contributed by atoms with E-state index in [0.29, 0.717) is 19.7 Å². The number of ether oxygens (including phenoxy) is 1. The smallest absolute Gasteiger partial charge is 0.0895 e. The van der Waals surface area contributed by atoms with E-state index in [2.05, 4.69) is 5.32 Å². The lowest BCUT2D eigenvalue weighted by molar-refractivity contribution is 0.0941. The van der Waals surface area contributed by atoms with Crippen LogP contribution in [-0.2, 0) is 17.9 Å². The van der Waals surface area contributed by atoms with Gasteiger partial charge in [-0.3, -0.25) is 0 Å². The molecule has 16 heavy (non-hydrogen) atoms. The van der Waals surface area contributed by atoms with Gasteiger partial charge in [0.25, 0.3) is 0 Å². The van der Waals surface area contributed by atoms with Gasteiger partial charge in [0.05, 0.1) is 19.3 Å². The maximum atomic E-state index is 9.17. The zero-order valence-electron chi connectivity index (χ0n) is 9.52. The topological polar surface area (TPSA) is 61.7 Å². The quantitative estimate of drug-likeness (QED) is 0.623. The average molecular weight is 225 g/mol. The SMILES string of the molecule is COCc1ccccc1CNCC(O)CO. The Kier molecular flexibility index (Phi) is 6.03. The summed E-state index contributed by atoms with van der Waals surface area (Å²) in [5.41, 5.74) is 2.28. The first-order chi connectivity index (χ1) is 7.77. The van der Waals surface area contributed by atoms with Crippen LogP contribution in [0.3, 0.4) is 0 Å². The molecule has 0 radical (unpaired) electrons. The van der Waals surface area contributed by atoms with Gasteiger partial charge in [-0.2, -0.15) is 0 Å². The van der Waals surface area contributed by atoms with E-state index in [9.17, 15) is 5.11 Å². The van der Waals surface area contributed by atoms with Crippen LogP contribution < -0.4 is 5.32 Å². The number of methoxy groups -OCH3 is 1. The number of nitrogens with one attached hydrogen (secondary N) is 1. The number of rotatable bonds is 7. The molecule has 0 spiro atoms. The molecule has 0 amide bonds. The maximum absolute atomic E-state index is 9.17. The third-order valence-corrected chi connectivity index (χ3v) is 2.32. The van der Waals surface area contributed by atoms with Gasteiger partial charge in [-0.05, 0) is 11.1 Å². The van der Waals surface area contributed by atoms with E-state index in [4.69, 9.17) is 9.84 Å². The molecule has 0 saturated carbocycles. The summed E-state index contributed by atoms with van der Waals surface area (Å²) in [4.78, 5) is 0. The van der Waals surface area contributed by atoms with Crippen LogP contribution in [-0.4, -0.2) is 36.6 Å². The van der Waals surface area contributed by atoms with E-state index in [1.807, 2.05) is 24.3 Å². The third kappa shape index (κ3) is 4.28. The molecule has 0 bridgehead atoms. The van der Waals surface area contributed by atoms with Gasteiger partial charge < -0.3 is 20.3 Å². The number of aliphatic hydroxyl groups is 2. The Hall–Kier alpha value is -0.940. The fraction of sp³-hybridized carbons (Fsp3) is 0.500. The van der Waals surface area contributed by atoms with Gasteiger partial charge in [-0.1, -0.05) is 24.3 Å². The average Bonchev–Trinajstić information content (AvgIpc) is 2.31. The summed E-state index contributed by atoms with van der Waals surface area (Å²) in [6.07, 6.45) is -0.699. The third-order valence-electron chi connectivity index (χ3n) is 2.32. The van der Waals surface area contributed by atoms with Crippen molar-refractivity contribution >= 4 is 0 Å². The van der Waals surface area contributed by atoms with Gasteiger partial charge in [-0.15, -0.1) is 0 Å². The Morgan fingerprint density at radius 2 is 2.00 bits per heavy atom. The van der Waals surface area contributed by atoms with Crippen LogP contribution in [0.1, 0.15) is 11.1 Å². The predicted molar refractivity (Wildman–Crippen MR) is 62.0 cm³/mol. The predicted octanol–water partition coefficient (Wildman–Crippen LogP) is 0.276. The van der Waals surface area contributed by atoms with Gasteiger partial charge >= 0.3 is 0 Å². The number of benzene rings is 1. The second-order valence-corrected chi connectivity index (χ2v) is 3.67. The van der Waals surface area contributed by atoms with E-state index >= 15 is 0 Å². The molecule has 1 aromatic carbocycles. The Bertz CT molecular complexity index is 304. The van der Waals surface area contributed by atoms with E-state index in [1.165, 1.54) is 0 Å². The lowest BCUT2D eigenvalue weighted by Gasteiger charge is -2.11. The molecule has 0 heterocycles. The highest BCUT2D eigenvalue weighted by molar-refractivity contribution is 5.26. The first-order valence-electron chi connectivity index (χ1n) is 5.33. The summed E-state index contributed by atoms with van der Waals surface area (Å²) in [6, 6.07) is 7.98. The minimum Gasteiger partial charge on any atom is -0.394 e. The van der Waals surface area contributed by atoms with Crippen molar-refractivity contribution in [3.8, 4) is 0 Å². The van der Waals surface area contributed by atoms with Gasteiger partial charge in [0.1, 0.15) is 0 Å². The summed E-state index contributed by atoms with van der Waals surface area (Å²) in [5, 5.41) is 20.9. The van der Waals surface area contributed by atoms with E-state index in [-0.39, 0.29) is 6.61 Å². The Morgan fingerprint density at radius 3 is 2.62 bits per heavy atom. The highest BCUT2D eigenvalue weighted by Gasteiger charge is 2.03. The summed E-state index contributed by atoms with van der Waals surface area (Å²) in [5.74, 6) is 0. The molecule has 4 heteroatoms. The summed E-state index contributed by atoms with van der Waals surface area (Å²) >= 11 is 0. The van der Waals surface area contributed by atoms with Crippen LogP contribution in [0.2, 0.25) is 0 Å². The number of aliphatic hydroxyl groups excluding tert-OH is 2. The highest BCUT2D eigenvalue weighted by atomic mass is 16.5. The van der Waals surface area contributed by atoms with Crippen molar-refractivity contribution in [1.29, 1.82) is 0 Å². The fourth-order valence-electron chi connectivity index (χ4n) is 1.46. The Morgan fingerprint density at radius 1 is 1.31 bits per heavy atom. The van der Waals surface area contributed by atoms with Crippen LogP contribution in [0.25, 0.3) is 0 Å². The van der Waals surface area contributed by atoms with E-state index in [1.54, 1.807) is 7.11 Å². The summed E-state index contributed by atoms with van der Waals surface area (Å²) in [7, 11) is 1.67. The molecule has 0 aliphatic carbocycles. The number of hydrogen-bond donors (Lipinski definition) is 3. The molecule has 0 aliphatic rings. The summed E-state index contributed by atoms with van der Waals surface area (Å²) < 4.78 is 5.10. The van der Waals surface area contributed by atoms with Crippen molar-refractivity contribution in [3.05, 3.63) is 35.4 Å². The normalized spacial score (nSPS) is 12.7. The largest absolute Gasteiger partial charge is 0.394 e. The van der Waals surface area contributed by atoms with Crippen LogP contribution in [0.4, 0.5) is 0 Å². The molecule has 0 aliphatic heterocycles. The standard InChI is InChI=1S/C12H19NO3/c1-16-9-11-5-3-2-4-10(11)6-13-7-12(15)8-14/h2-5,12-15H,6-9H2,1H3. The van der Waals surface area contributed by atoms with Crippen molar-refractivity contribution in [2.75, 3.05) is 20.3 Å². The van der Waals surface area contributed by atoms with E-state index in [0.717, 1.165) is 11.1 Å². The van der Waals surface area contributed by atoms with Crippen LogP contribution in [0.5, 0.6) is 0 Å². The van der Waals surface area contributed by atoms with Crippen LogP contribution in [0.15, 0.2) is 24.3 Å². The van der Waals surface area contributed by atoms with Crippen LogP contribution >= 0.6 is 0 Å². The molecular formula is C12H19NO3. The zero-order chi connectivity index (χ0) is 11.8. The first-order valence-corrected chi connectivity index (χ1v) is 5.33. The van der Waals surface area contributed by atoms with Crippen molar-refractivity contribution < 1.29 is 14.9 Å². The molecule has 1 rings (SSSR count). The second-order valence-electron chi connectivity index (χ2n) is 3.67. The van der Waals surface area contributed by atoms with Crippen molar-refractivity contribution in [3.63, 3.8) is 0 Å². The van der Waals surface area contributed by atoms with Crippen molar-refractivity contribution in [2.24, 2.45) is 0 Å². The van der Waals surface area contributed by atoms with Crippen LogP contribution in [0, 0.1) is 0 Å². The molecule has 0 saturated heterocycles. The zero-order valence-corrected chi connectivity index (χ0v) is 9.52. The molecule has 90 valence electrons. The van der Waals surface area contributed by atoms with Gasteiger partial charge in [-0.25, -0.2) is 0 Å². The lowest BCUT2D eigenvalue weighted by Crippen LogP contribution is -2.29. The molecule has 0 aromatic heterocycles. The lowest BCUT2D eigenvalue weighted by atomic mass is 10.1. The van der Waals surface area contributed by atoms with E-state index < -0.39 is 6.10 Å². The summed E-state index contributed by atoms with van der Waals surface area (Å²) in [6.45, 7) is 1.42. The monoisotopic (exact) mass is 225 g/mol. The minimum atomic E-state index is -0.699. The molecule has 3 N–H and O–H groups in total. The van der Waals surface area contributed by atoms with Gasteiger partial charge in [0, 0.05) is 20.2 Å². The molecule has 1 aromatic rings. The highest BCUT2D eigenvalue weighted by Crippen LogP contribution is 2.09. The molecule has 4 nitrogen and oxygen atoms in total. The first kappa shape index (κ1) is 13.1. The van der Waals surface area contributed by atoms with Crippen molar-refractivity contribution in [2.45, 2.75) is 19.3 Å². The molecule has 1 atom stereocenters. The molecule has 1 unspecified atom stereocenters. The van der Waals surface area contributed by atoms with Gasteiger partial charge in [0.15, 0.2) is 0 Å². The Labute approximate surface area is 95.9 Å².